The van der Waals surface area contributed by atoms with Gasteiger partial charge in [-0.25, -0.2) is 0 Å². The predicted molar refractivity (Wildman–Crippen MR) is 48.1 cm³/mol. The van der Waals surface area contributed by atoms with Crippen molar-refractivity contribution in [3.05, 3.63) is 12.7 Å². The number of allylic oxidation sites excluding steroid dienone is 1. The molecule has 60 valence electrons. The van der Waals surface area contributed by atoms with Crippen LogP contribution in [-0.4, -0.2) is 0 Å². The Labute approximate surface area is 65.3 Å². The molecule has 0 aromatic rings. The van der Waals surface area contributed by atoms with Gasteiger partial charge in [-0.1, -0.05) is 39.7 Å². The van der Waals surface area contributed by atoms with Crippen LogP contribution in [0.5, 0.6) is 0 Å². The fourth-order valence-electron chi connectivity index (χ4n) is 1.35. The van der Waals surface area contributed by atoms with Crippen LogP contribution in [-0.2, 0) is 0 Å². The van der Waals surface area contributed by atoms with Crippen molar-refractivity contribution in [2.24, 2.45) is 11.8 Å². The van der Waals surface area contributed by atoms with Crippen molar-refractivity contribution in [2.45, 2.75) is 40.0 Å². The molecule has 0 rings (SSSR count). The van der Waals surface area contributed by atoms with Gasteiger partial charge in [0.2, 0.25) is 0 Å². The first-order valence-electron chi connectivity index (χ1n) is 4.37. The van der Waals surface area contributed by atoms with Crippen molar-refractivity contribution < 1.29 is 0 Å². The van der Waals surface area contributed by atoms with Crippen molar-refractivity contribution in [3.63, 3.8) is 0 Å². The van der Waals surface area contributed by atoms with Crippen LogP contribution in [0, 0.1) is 11.8 Å². The minimum absolute atomic E-state index is 0.863. The zero-order valence-corrected chi connectivity index (χ0v) is 7.56. The molecule has 0 heteroatoms. The molecule has 0 bridgehead atoms. The lowest BCUT2D eigenvalue weighted by molar-refractivity contribution is 0.341. The Morgan fingerprint density at radius 1 is 1.30 bits per heavy atom. The molecular weight excluding hydrogens is 120 g/mol. The lowest BCUT2D eigenvalue weighted by Gasteiger charge is -2.19. The molecule has 0 heterocycles. The Morgan fingerprint density at radius 3 is 2.20 bits per heavy atom. The van der Waals surface area contributed by atoms with Crippen molar-refractivity contribution in [1.82, 2.24) is 0 Å². The van der Waals surface area contributed by atoms with E-state index in [1.54, 1.807) is 0 Å². The molecule has 0 saturated heterocycles. The Balaban J connectivity index is 3.67. The van der Waals surface area contributed by atoms with E-state index in [1.807, 2.05) is 6.08 Å². The summed E-state index contributed by atoms with van der Waals surface area (Å²) in [6, 6.07) is 0. The minimum atomic E-state index is 0.863. The molecule has 0 aliphatic carbocycles. The summed E-state index contributed by atoms with van der Waals surface area (Å²) in [5.41, 5.74) is 0. The Bertz CT molecular complexity index is 84.0. The third kappa shape index (κ3) is 3.05. The molecule has 0 fully saturated rings. The average molecular weight is 140 g/mol. The predicted octanol–water partition coefficient (Wildman–Crippen LogP) is 3.63. The van der Waals surface area contributed by atoms with Crippen molar-refractivity contribution >= 4 is 0 Å². The number of hydrogen-bond donors (Lipinski definition) is 0. The highest BCUT2D eigenvalue weighted by molar-refractivity contribution is 4.75. The Kier molecular flexibility index (Phi) is 5.38. The fourth-order valence-corrected chi connectivity index (χ4v) is 1.35. The second kappa shape index (κ2) is 5.52. The maximum atomic E-state index is 3.77. The zero-order valence-electron chi connectivity index (χ0n) is 7.56. The molecule has 0 spiro atoms. The van der Waals surface area contributed by atoms with Crippen LogP contribution in [0.4, 0.5) is 0 Å². The van der Waals surface area contributed by atoms with Crippen molar-refractivity contribution in [1.29, 1.82) is 0 Å². The second-order valence-corrected chi connectivity index (χ2v) is 3.08. The van der Waals surface area contributed by atoms with E-state index in [0.29, 0.717) is 0 Å². The third-order valence-electron chi connectivity index (χ3n) is 2.44. The molecule has 0 aliphatic heterocycles. The van der Waals surface area contributed by atoms with E-state index in [1.165, 1.54) is 19.3 Å². The maximum Gasteiger partial charge on any atom is -0.0322 e. The van der Waals surface area contributed by atoms with Gasteiger partial charge in [-0.05, 0) is 18.3 Å². The van der Waals surface area contributed by atoms with E-state index in [9.17, 15) is 0 Å². The topological polar surface area (TPSA) is 0 Å². The molecule has 2 atom stereocenters. The molecule has 2 unspecified atom stereocenters. The molecule has 0 aromatic carbocycles. The smallest absolute Gasteiger partial charge is 0.0322 e. The Morgan fingerprint density at radius 2 is 1.90 bits per heavy atom. The molecule has 0 radical (unpaired) electrons. The van der Waals surface area contributed by atoms with Crippen LogP contribution in [0.3, 0.4) is 0 Å². The third-order valence-corrected chi connectivity index (χ3v) is 2.44. The van der Waals surface area contributed by atoms with Crippen LogP contribution >= 0.6 is 0 Å². The summed E-state index contributed by atoms with van der Waals surface area (Å²) in [6.07, 6.45) is 5.82. The molecule has 0 amide bonds. The summed E-state index contributed by atoms with van der Waals surface area (Å²) in [4.78, 5) is 0. The van der Waals surface area contributed by atoms with Crippen LogP contribution in [0.25, 0.3) is 0 Å². The molecule has 0 aromatic heterocycles. The molecular formula is C10H20. The van der Waals surface area contributed by atoms with Gasteiger partial charge in [0.15, 0.2) is 0 Å². The Hall–Kier alpha value is -0.260. The van der Waals surface area contributed by atoms with Gasteiger partial charge in [-0.15, -0.1) is 6.58 Å². The zero-order chi connectivity index (χ0) is 7.98. The van der Waals surface area contributed by atoms with Gasteiger partial charge in [0, 0.05) is 0 Å². The first-order valence-corrected chi connectivity index (χ1v) is 4.37. The average Bonchev–Trinajstić information content (AvgIpc) is 1.99. The summed E-state index contributed by atoms with van der Waals surface area (Å²) < 4.78 is 0. The highest BCUT2D eigenvalue weighted by Gasteiger charge is 2.10. The van der Waals surface area contributed by atoms with E-state index >= 15 is 0 Å². The van der Waals surface area contributed by atoms with Gasteiger partial charge in [0.1, 0.15) is 0 Å². The van der Waals surface area contributed by atoms with E-state index < -0.39 is 0 Å². The largest absolute Gasteiger partial charge is 0.103 e. The second-order valence-electron chi connectivity index (χ2n) is 3.08. The SMILES string of the molecule is C=CCC(CC)C(C)CC. The monoisotopic (exact) mass is 140 g/mol. The van der Waals surface area contributed by atoms with Crippen molar-refractivity contribution in [2.75, 3.05) is 0 Å². The van der Waals surface area contributed by atoms with E-state index in [2.05, 4.69) is 27.4 Å². The minimum Gasteiger partial charge on any atom is -0.103 e. The van der Waals surface area contributed by atoms with Gasteiger partial charge in [-0.2, -0.15) is 0 Å². The molecule has 10 heavy (non-hydrogen) atoms. The van der Waals surface area contributed by atoms with Crippen LogP contribution in [0.1, 0.15) is 40.0 Å². The van der Waals surface area contributed by atoms with Crippen LogP contribution in [0.15, 0.2) is 12.7 Å². The number of hydrogen-bond acceptors (Lipinski definition) is 0. The first kappa shape index (κ1) is 9.74. The van der Waals surface area contributed by atoms with Gasteiger partial charge >= 0.3 is 0 Å². The highest BCUT2D eigenvalue weighted by atomic mass is 14.2. The normalized spacial score (nSPS) is 16.3. The summed E-state index contributed by atoms with van der Waals surface area (Å²) in [6.45, 7) is 10.6. The van der Waals surface area contributed by atoms with Gasteiger partial charge in [0.25, 0.3) is 0 Å². The summed E-state index contributed by atoms with van der Waals surface area (Å²) in [5, 5.41) is 0. The van der Waals surface area contributed by atoms with Crippen molar-refractivity contribution in [3.8, 4) is 0 Å². The van der Waals surface area contributed by atoms with Gasteiger partial charge in [0.05, 0.1) is 0 Å². The lowest BCUT2D eigenvalue weighted by Crippen LogP contribution is -2.08. The van der Waals surface area contributed by atoms with E-state index in [0.717, 1.165) is 11.8 Å². The van der Waals surface area contributed by atoms with Gasteiger partial charge < -0.3 is 0 Å². The fraction of sp³-hybridized carbons (Fsp3) is 0.800. The molecule has 0 N–H and O–H groups in total. The highest BCUT2D eigenvalue weighted by Crippen LogP contribution is 2.21. The summed E-state index contributed by atoms with van der Waals surface area (Å²) in [5.74, 6) is 1.73. The number of rotatable bonds is 5. The first-order chi connectivity index (χ1) is 4.76. The molecule has 0 nitrogen and oxygen atoms in total. The van der Waals surface area contributed by atoms with Crippen LogP contribution < -0.4 is 0 Å². The summed E-state index contributed by atoms with van der Waals surface area (Å²) >= 11 is 0. The quantitative estimate of drug-likeness (QED) is 0.511. The standard InChI is InChI=1S/C10H20/c1-5-8-10(7-3)9(4)6-2/h5,9-10H,1,6-8H2,2-4H3. The van der Waals surface area contributed by atoms with Crippen LogP contribution in [0.2, 0.25) is 0 Å². The molecule has 0 aliphatic rings. The maximum absolute atomic E-state index is 3.77. The van der Waals surface area contributed by atoms with Gasteiger partial charge in [-0.3, -0.25) is 0 Å². The van der Waals surface area contributed by atoms with E-state index in [-0.39, 0.29) is 0 Å². The van der Waals surface area contributed by atoms with E-state index in [4.69, 9.17) is 0 Å². The summed E-state index contributed by atoms with van der Waals surface area (Å²) in [7, 11) is 0. The molecule has 0 saturated carbocycles. The lowest BCUT2D eigenvalue weighted by atomic mass is 9.87.